The van der Waals surface area contributed by atoms with Crippen LogP contribution in [0.25, 0.3) is 6.08 Å². The Morgan fingerprint density at radius 2 is 2.19 bits per heavy atom. The zero-order valence-electron chi connectivity index (χ0n) is 11.5. The fraction of sp³-hybridized carbons (Fsp3) is 0.133. The van der Waals surface area contributed by atoms with E-state index in [1.54, 1.807) is 25.1 Å². The van der Waals surface area contributed by atoms with Gasteiger partial charge >= 0.3 is 6.03 Å². The van der Waals surface area contributed by atoms with Gasteiger partial charge in [0.15, 0.2) is 0 Å². The second-order valence-electron chi connectivity index (χ2n) is 4.43. The third-order valence-electron chi connectivity index (χ3n) is 2.78. The lowest BCUT2D eigenvalue weighted by molar-refractivity contribution is -0.129. The fourth-order valence-corrected chi connectivity index (χ4v) is 1.86. The summed E-state index contributed by atoms with van der Waals surface area (Å²) in [4.78, 5) is 36.4. The molecule has 6 nitrogen and oxygen atoms in total. The zero-order valence-corrected chi connectivity index (χ0v) is 11.5. The predicted octanol–water partition coefficient (Wildman–Crippen LogP) is 1.87. The molecule has 1 N–H and O–H groups in total. The van der Waals surface area contributed by atoms with Crippen LogP contribution in [0, 0.1) is 0 Å². The predicted molar refractivity (Wildman–Crippen MR) is 75.9 cm³/mol. The lowest BCUT2D eigenvalue weighted by atomic mass is 10.1. The van der Waals surface area contributed by atoms with Gasteiger partial charge in [-0.1, -0.05) is 6.08 Å². The number of carbonyl (C=O) groups excluding carboxylic acids is 3. The molecule has 1 aliphatic heterocycles. The number of imide groups is 2. The van der Waals surface area contributed by atoms with Crippen LogP contribution in [0.4, 0.5) is 4.79 Å². The topological polar surface area (TPSA) is 79.6 Å². The highest BCUT2D eigenvalue weighted by Crippen LogP contribution is 2.14. The molecule has 4 amide bonds. The van der Waals surface area contributed by atoms with Gasteiger partial charge in [-0.25, -0.2) is 4.79 Å². The third-order valence-corrected chi connectivity index (χ3v) is 2.78. The third kappa shape index (κ3) is 3.17. The van der Waals surface area contributed by atoms with E-state index in [-0.39, 0.29) is 12.1 Å². The summed E-state index contributed by atoms with van der Waals surface area (Å²) in [5, 5.41) is 2.12. The first-order valence-corrected chi connectivity index (χ1v) is 6.24. The molecule has 0 bridgehead atoms. The van der Waals surface area contributed by atoms with Gasteiger partial charge in [0.25, 0.3) is 11.8 Å². The van der Waals surface area contributed by atoms with Crippen molar-refractivity contribution in [2.75, 3.05) is 6.54 Å². The number of barbiturate groups is 1. The molecule has 6 heteroatoms. The maximum atomic E-state index is 12.2. The number of hydrogen-bond donors (Lipinski definition) is 1. The maximum absolute atomic E-state index is 12.2. The quantitative estimate of drug-likeness (QED) is 0.520. The maximum Gasteiger partial charge on any atom is 0.331 e. The number of rotatable bonds is 4. The number of urea groups is 1. The van der Waals surface area contributed by atoms with E-state index >= 15 is 0 Å². The average molecular weight is 286 g/mol. The van der Waals surface area contributed by atoms with Crippen molar-refractivity contribution in [3.8, 4) is 0 Å². The number of furan rings is 1. The lowest BCUT2D eigenvalue weighted by Crippen LogP contribution is -2.54. The molecule has 2 heterocycles. The van der Waals surface area contributed by atoms with Gasteiger partial charge in [0, 0.05) is 6.54 Å². The van der Waals surface area contributed by atoms with Gasteiger partial charge < -0.3 is 4.42 Å². The minimum atomic E-state index is -0.741. The highest BCUT2D eigenvalue weighted by atomic mass is 16.3. The molecule has 0 spiro atoms. The summed E-state index contributed by atoms with van der Waals surface area (Å²) >= 11 is 0. The highest BCUT2D eigenvalue weighted by molar-refractivity contribution is 6.29. The van der Waals surface area contributed by atoms with Gasteiger partial charge in [-0.05, 0) is 36.8 Å². The Labute approximate surface area is 121 Å². The van der Waals surface area contributed by atoms with Crippen LogP contribution in [0.5, 0.6) is 0 Å². The van der Waals surface area contributed by atoms with Gasteiger partial charge in [-0.2, -0.15) is 0 Å². The fourth-order valence-electron chi connectivity index (χ4n) is 1.86. The molecule has 2 rings (SSSR count). The molecule has 1 fully saturated rings. The number of amides is 4. The van der Waals surface area contributed by atoms with E-state index in [1.807, 2.05) is 0 Å². The van der Waals surface area contributed by atoms with E-state index in [0.29, 0.717) is 11.3 Å². The monoisotopic (exact) mass is 286 g/mol. The largest absolute Gasteiger partial charge is 0.465 e. The molecule has 21 heavy (non-hydrogen) atoms. The summed E-state index contributed by atoms with van der Waals surface area (Å²) in [7, 11) is 0. The number of hydrogen-bond acceptors (Lipinski definition) is 4. The van der Waals surface area contributed by atoms with E-state index in [1.165, 1.54) is 18.4 Å². The highest BCUT2D eigenvalue weighted by Gasteiger charge is 2.34. The number of allylic oxidation sites excluding steroid dienone is 2. The van der Waals surface area contributed by atoms with Gasteiger partial charge in [0.1, 0.15) is 11.3 Å². The second kappa shape index (κ2) is 6.04. The van der Waals surface area contributed by atoms with Crippen molar-refractivity contribution in [3.63, 3.8) is 0 Å². The first-order valence-electron chi connectivity index (χ1n) is 6.24. The Bertz CT molecular complexity index is 653. The Balaban J connectivity index is 2.30. The first kappa shape index (κ1) is 14.5. The first-order chi connectivity index (χ1) is 10.0. The van der Waals surface area contributed by atoms with Gasteiger partial charge in [-0.3, -0.25) is 19.8 Å². The van der Waals surface area contributed by atoms with Crippen LogP contribution in [0.1, 0.15) is 12.7 Å². The van der Waals surface area contributed by atoms with Crippen LogP contribution in [0.15, 0.2) is 52.7 Å². The number of nitrogens with zero attached hydrogens (tertiary/aromatic N) is 1. The molecule has 0 aliphatic carbocycles. The van der Waals surface area contributed by atoms with Crippen LogP contribution < -0.4 is 5.32 Å². The molecule has 1 saturated heterocycles. The zero-order chi connectivity index (χ0) is 15.4. The average Bonchev–Trinajstić information content (AvgIpc) is 2.92. The van der Waals surface area contributed by atoms with Crippen LogP contribution >= 0.6 is 0 Å². The number of carbonyl (C=O) groups is 3. The van der Waals surface area contributed by atoms with E-state index in [4.69, 9.17) is 4.42 Å². The summed E-state index contributed by atoms with van der Waals surface area (Å²) in [5.41, 5.74) is 0.549. The SMILES string of the molecule is C=CCN1C(=O)NC(=O)/C(=C/C(C)=C/c2ccco2)C1=O. The Morgan fingerprint density at radius 3 is 2.81 bits per heavy atom. The Kier molecular flexibility index (Phi) is 4.18. The molecule has 0 saturated carbocycles. The Morgan fingerprint density at radius 1 is 1.43 bits per heavy atom. The molecule has 0 unspecified atom stereocenters. The Hall–Kier alpha value is -2.89. The molecule has 0 aromatic carbocycles. The smallest absolute Gasteiger partial charge is 0.331 e. The molecule has 108 valence electrons. The van der Waals surface area contributed by atoms with Crippen molar-refractivity contribution in [1.82, 2.24) is 10.2 Å². The molecule has 1 aliphatic rings. The molecule has 0 atom stereocenters. The van der Waals surface area contributed by atoms with Crippen molar-refractivity contribution in [2.24, 2.45) is 0 Å². The van der Waals surface area contributed by atoms with E-state index < -0.39 is 17.8 Å². The van der Waals surface area contributed by atoms with Crippen molar-refractivity contribution >= 4 is 23.9 Å². The van der Waals surface area contributed by atoms with Crippen molar-refractivity contribution in [3.05, 3.63) is 54.0 Å². The van der Waals surface area contributed by atoms with Gasteiger partial charge in [-0.15, -0.1) is 6.58 Å². The van der Waals surface area contributed by atoms with E-state index in [2.05, 4.69) is 11.9 Å². The van der Waals surface area contributed by atoms with Crippen LogP contribution in [-0.2, 0) is 9.59 Å². The van der Waals surface area contributed by atoms with Crippen LogP contribution in [0.2, 0.25) is 0 Å². The molecule has 0 radical (unpaired) electrons. The second-order valence-corrected chi connectivity index (χ2v) is 4.43. The summed E-state index contributed by atoms with van der Waals surface area (Å²) in [6.45, 7) is 5.24. The molecule has 1 aromatic rings. The van der Waals surface area contributed by atoms with Crippen molar-refractivity contribution < 1.29 is 18.8 Å². The summed E-state index contributed by atoms with van der Waals surface area (Å²) in [5.74, 6) is -0.750. The number of nitrogens with one attached hydrogen (secondary N) is 1. The molecular formula is C15H14N2O4. The van der Waals surface area contributed by atoms with E-state index in [0.717, 1.165) is 4.90 Å². The summed E-state index contributed by atoms with van der Waals surface area (Å²) in [6, 6.07) is 2.74. The van der Waals surface area contributed by atoms with Crippen molar-refractivity contribution in [1.29, 1.82) is 0 Å². The van der Waals surface area contributed by atoms with Crippen LogP contribution in [0.3, 0.4) is 0 Å². The molecular weight excluding hydrogens is 272 g/mol. The minimum Gasteiger partial charge on any atom is -0.465 e. The van der Waals surface area contributed by atoms with Crippen LogP contribution in [-0.4, -0.2) is 29.3 Å². The normalized spacial score (nSPS) is 18.1. The van der Waals surface area contributed by atoms with Crippen molar-refractivity contribution in [2.45, 2.75) is 6.92 Å². The lowest BCUT2D eigenvalue weighted by Gasteiger charge is -2.25. The van der Waals surface area contributed by atoms with E-state index in [9.17, 15) is 14.4 Å². The summed E-state index contributed by atoms with van der Waals surface area (Å²) < 4.78 is 5.15. The summed E-state index contributed by atoms with van der Waals surface area (Å²) in [6.07, 6.45) is 6.04. The molecule has 1 aromatic heterocycles. The minimum absolute atomic E-state index is 0.0379. The van der Waals surface area contributed by atoms with Gasteiger partial charge in [0.05, 0.1) is 6.26 Å². The standard InChI is InChI=1S/C15H14N2O4/c1-3-6-17-14(19)12(13(18)16-15(17)20)9-10(2)8-11-5-4-7-21-11/h3-5,7-9H,1,6H2,2H3,(H,16,18,20)/b10-8+,12-9-. The van der Waals surface area contributed by atoms with Gasteiger partial charge in [0.2, 0.25) is 0 Å².